The molecule has 2 heterocycles. The van der Waals surface area contributed by atoms with Gasteiger partial charge in [0.2, 0.25) is 0 Å². The number of hydrogen-bond donors (Lipinski definition) is 0. The molecule has 0 unspecified atom stereocenters. The first-order valence-electron chi connectivity index (χ1n) is 5.81. The summed E-state index contributed by atoms with van der Waals surface area (Å²) in [5.74, 6) is -0.260. The lowest BCUT2D eigenvalue weighted by molar-refractivity contribution is -0.142. The van der Waals surface area contributed by atoms with Crippen molar-refractivity contribution in [2.45, 2.75) is 13.3 Å². The maximum Gasteiger partial charge on any atom is 0.310 e. The largest absolute Gasteiger partial charge is 0.466 e. The summed E-state index contributed by atoms with van der Waals surface area (Å²) >= 11 is 0. The van der Waals surface area contributed by atoms with E-state index < -0.39 is 0 Å². The Kier molecular flexibility index (Phi) is 2.55. The summed E-state index contributed by atoms with van der Waals surface area (Å²) in [5, 5.41) is 1.85. The molecule has 1 aromatic carbocycles. The molecule has 0 amide bonds. The molecule has 0 aliphatic heterocycles. The Balaban J connectivity index is 2.11. The summed E-state index contributed by atoms with van der Waals surface area (Å²) in [7, 11) is 0. The Hall–Kier alpha value is -2.23. The second-order valence-electron chi connectivity index (χ2n) is 4.02. The minimum atomic E-state index is -0.260. The van der Waals surface area contributed by atoms with Crippen LogP contribution in [0.2, 0.25) is 0 Å². The predicted molar refractivity (Wildman–Crippen MR) is 66.3 cm³/mol. The van der Waals surface area contributed by atoms with Crippen LogP contribution in [0.5, 0.6) is 0 Å². The molecule has 0 aliphatic carbocycles. The van der Waals surface area contributed by atoms with Gasteiger partial charge in [-0.2, -0.15) is 0 Å². The maximum atomic E-state index is 11.5. The molecule has 0 saturated heterocycles. The van der Waals surface area contributed by atoms with Crippen molar-refractivity contribution < 1.29 is 18.4 Å². The first-order valence-corrected chi connectivity index (χ1v) is 5.81. The van der Waals surface area contributed by atoms with E-state index in [0.717, 1.165) is 27.5 Å². The van der Waals surface area contributed by atoms with Crippen molar-refractivity contribution in [2.75, 3.05) is 6.61 Å². The lowest BCUT2D eigenvalue weighted by Gasteiger charge is -2.00. The van der Waals surface area contributed by atoms with E-state index in [0.29, 0.717) is 6.61 Å². The Bertz CT molecular complexity index is 705. The highest BCUT2D eigenvalue weighted by Gasteiger charge is 2.15. The third-order valence-electron chi connectivity index (χ3n) is 2.87. The van der Waals surface area contributed by atoms with Gasteiger partial charge in [0.15, 0.2) is 0 Å². The van der Waals surface area contributed by atoms with Crippen molar-refractivity contribution >= 4 is 27.9 Å². The summed E-state index contributed by atoms with van der Waals surface area (Å²) < 4.78 is 15.8. The number of benzene rings is 1. The van der Waals surface area contributed by atoms with Crippen molar-refractivity contribution in [3.05, 3.63) is 36.3 Å². The van der Waals surface area contributed by atoms with Gasteiger partial charge in [-0.1, -0.05) is 0 Å². The molecule has 3 aromatic rings. The van der Waals surface area contributed by atoms with E-state index in [-0.39, 0.29) is 12.4 Å². The van der Waals surface area contributed by atoms with Gasteiger partial charge in [-0.25, -0.2) is 0 Å². The monoisotopic (exact) mass is 244 g/mol. The second-order valence-corrected chi connectivity index (χ2v) is 4.02. The first kappa shape index (κ1) is 10.9. The molecule has 3 rings (SSSR count). The molecule has 18 heavy (non-hydrogen) atoms. The fourth-order valence-electron chi connectivity index (χ4n) is 2.11. The van der Waals surface area contributed by atoms with Crippen molar-refractivity contribution in [1.29, 1.82) is 0 Å². The van der Waals surface area contributed by atoms with Gasteiger partial charge in [0.05, 0.1) is 30.9 Å². The highest BCUT2D eigenvalue weighted by molar-refractivity contribution is 6.05. The zero-order chi connectivity index (χ0) is 12.5. The Morgan fingerprint density at radius 3 is 3.00 bits per heavy atom. The zero-order valence-electron chi connectivity index (χ0n) is 9.93. The van der Waals surface area contributed by atoms with Crippen LogP contribution in [0.25, 0.3) is 21.9 Å². The van der Waals surface area contributed by atoms with Gasteiger partial charge in [-0.05, 0) is 25.1 Å². The molecule has 0 N–H and O–H groups in total. The quantitative estimate of drug-likeness (QED) is 0.663. The van der Waals surface area contributed by atoms with Crippen LogP contribution >= 0.6 is 0 Å². The Labute approximate surface area is 103 Å². The summed E-state index contributed by atoms with van der Waals surface area (Å²) in [4.78, 5) is 11.5. The van der Waals surface area contributed by atoms with Crippen LogP contribution in [-0.2, 0) is 16.0 Å². The van der Waals surface area contributed by atoms with Crippen LogP contribution in [-0.4, -0.2) is 12.6 Å². The van der Waals surface area contributed by atoms with E-state index in [1.807, 2.05) is 18.2 Å². The van der Waals surface area contributed by atoms with Crippen LogP contribution in [0, 0.1) is 0 Å². The number of rotatable bonds is 3. The normalized spacial score (nSPS) is 11.2. The number of ether oxygens (including phenoxy) is 1. The highest BCUT2D eigenvalue weighted by Crippen LogP contribution is 2.30. The SMILES string of the molecule is CCOC(=O)Cc1coc2ccc3ccoc3c12. The Morgan fingerprint density at radius 2 is 2.17 bits per heavy atom. The zero-order valence-corrected chi connectivity index (χ0v) is 9.93. The van der Waals surface area contributed by atoms with Gasteiger partial charge >= 0.3 is 5.97 Å². The fraction of sp³-hybridized carbons (Fsp3) is 0.214. The number of furan rings is 2. The second kappa shape index (κ2) is 4.22. The highest BCUT2D eigenvalue weighted by atomic mass is 16.5. The molecule has 0 aliphatic rings. The molecule has 4 nitrogen and oxygen atoms in total. The molecule has 92 valence electrons. The standard InChI is InChI=1S/C14H12O4/c1-2-16-12(15)7-10-8-18-11-4-3-9-5-6-17-14(9)13(10)11/h3-6,8H,2,7H2,1H3. The van der Waals surface area contributed by atoms with Crippen LogP contribution < -0.4 is 0 Å². The molecular formula is C14H12O4. The molecule has 4 heteroatoms. The average molecular weight is 244 g/mol. The van der Waals surface area contributed by atoms with Gasteiger partial charge in [0.25, 0.3) is 0 Å². The number of hydrogen-bond acceptors (Lipinski definition) is 4. The van der Waals surface area contributed by atoms with Crippen LogP contribution in [0.3, 0.4) is 0 Å². The van der Waals surface area contributed by atoms with E-state index in [4.69, 9.17) is 13.6 Å². The van der Waals surface area contributed by atoms with Crippen molar-refractivity contribution in [3.63, 3.8) is 0 Å². The minimum Gasteiger partial charge on any atom is -0.466 e. The van der Waals surface area contributed by atoms with E-state index in [1.54, 1.807) is 19.5 Å². The average Bonchev–Trinajstić information content (AvgIpc) is 2.94. The molecule has 2 aromatic heterocycles. The molecule has 0 fully saturated rings. The fourth-order valence-corrected chi connectivity index (χ4v) is 2.11. The third kappa shape index (κ3) is 1.66. The summed E-state index contributed by atoms with van der Waals surface area (Å²) in [5.41, 5.74) is 2.27. The van der Waals surface area contributed by atoms with Gasteiger partial charge in [-0.15, -0.1) is 0 Å². The maximum absolute atomic E-state index is 11.5. The van der Waals surface area contributed by atoms with Crippen LogP contribution in [0.15, 0.2) is 39.6 Å². The Morgan fingerprint density at radius 1 is 1.28 bits per heavy atom. The topological polar surface area (TPSA) is 52.6 Å². The van der Waals surface area contributed by atoms with Crippen LogP contribution in [0.4, 0.5) is 0 Å². The lowest BCUT2D eigenvalue weighted by atomic mass is 10.1. The minimum absolute atomic E-state index is 0.195. The van der Waals surface area contributed by atoms with Crippen molar-refractivity contribution in [1.82, 2.24) is 0 Å². The molecule has 0 radical (unpaired) electrons. The van der Waals surface area contributed by atoms with Gasteiger partial charge in [-0.3, -0.25) is 4.79 Å². The summed E-state index contributed by atoms with van der Waals surface area (Å²) in [6.07, 6.45) is 3.41. The summed E-state index contributed by atoms with van der Waals surface area (Å²) in [6.45, 7) is 2.17. The molecular weight excluding hydrogens is 232 g/mol. The van der Waals surface area contributed by atoms with E-state index in [1.165, 1.54) is 0 Å². The third-order valence-corrected chi connectivity index (χ3v) is 2.87. The van der Waals surface area contributed by atoms with E-state index >= 15 is 0 Å². The molecule has 0 atom stereocenters. The van der Waals surface area contributed by atoms with E-state index in [2.05, 4.69) is 0 Å². The van der Waals surface area contributed by atoms with Crippen LogP contribution in [0.1, 0.15) is 12.5 Å². The predicted octanol–water partition coefficient (Wildman–Crippen LogP) is 3.28. The number of esters is 1. The molecule has 0 bridgehead atoms. The number of carbonyl (C=O) groups excluding carboxylic acids is 1. The number of fused-ring (bicyclic) bond motifs is 3. The summed E-state index contributed by atoms with van der Waals surface area (Å²) in [6, 6.07) is 5.69. The smallest absolute Gasteiger partial charge is 0.310 e. The van der Waals surface area contributed by atoms with Crippen molar-refractivity contribution in [3.8, 4) is 0 Å². The molecule has 0 saturated carbocycles. The lowest BCUT2D eigenvalue weighted by Crippen LogP contribution is -2.06. The number of carbonyl (C=O) groups is 1. The van der Waals surface area contributed by atoms with Crippen molar-refractivity contribution in [2.24, 2.45) is 0 Å². The van der Waals surface area contributed by atoms with Gasteiger partial charge in [0, 0.05) is 10.9 Å². The molecule has 0 spiro atoms. The van der Waals surface area contributed by atoms with E-state index in [9.17, 15) is 4.79 Å². The first-order chi connectivity index (χ1) is 8.79. The van der Waals surface area contributed by atoms with Gasteiger partial charge < -0.3 is 13.6 Å². The van der Waals surface area contributed by atoms with Gasteiger partial charge in [0.1, 0.15) is 11.2 Å².